The number of tetrazole rings is 1. The number of unbranched alkanes of at least 4 members (excludes halogenated alkanes) is 1. The minimum absolute atomic E-state index is 0.557. The molecule has 0 saturated carbocycles. The van der Waals surface area contributed by atoms with E-state index in [1.54, 1.807) is 0 Å². The van der Waals surface area contributed by atoms with Gasteiger partial charge in [-0.1, -0.05) is 74.0 Å². The highest BCUT2D eigenvalue weighted by molar-refractivity contribution is 5.81. The van der Waals surface area contributed by atoms with Gasteiger partial charge in [0.05, 0.1) is 12.1 Å². The van der Waals surface area contributed by atoms with Crippen LogP contribution < -0.4 is 0 Å². The fourth-order valence-electron chi connectivity index (χ4n) is 4.06. The zero-order valence-electron chi connectivity index (χ0n) is 19.1. The first-order valence-electron chi connectivity index (χ1n) is 11.6. The summed E-state index contributed by atoms with van der Waals surface area (Å²) in [6.07, 6.45) is 5.27. The first kappa shape index (κ1) is 21.6. The molecule has 0 bridgehead atoms. The SMILES string of the molecule is CCCCn1nc(Cc2ccccc2)nc1Cc1ncccc1-c1ccccc1-c1nn[nH]n1. The number of hydrogen-bond donors (Lipinski definition) is 1. The van der Waals surface area contributed by atoms with Gasteiger partial charge < -0.3 is 0 Å². The molecule has 0 atom stereocenters. The van der Waals surface area contributed by atoms with Gasteiger partial charge in [0.15, 0.2) is 5.82 Å². The Morgan fingerprint density at radius 2 is 1.65 bits per heavy atom. The summed E-state index contributed by atoms with van der Waals surface area (Å²) in [4.78, 5) is 9.68. The Labute approximate surface area is 198 Å². The molecule has 8 nitrogen and oxygen atoms in total. The van der Waals surface area contributed by atoms with E-state index in [2.05, 4.69) is 51.8 Å². The van der Waals surface area contributed by atoms with Gasteiger partial charge in [-0.25, -0.2) is 9.67 Å². The first-order valence-corrected chi connectivity index (χ1v) is 11.6. The largest absolute Gasteiger partial charge is 0.260 e. The molecule has 5 rings (SSSR count). The van der Waals surface area contributed by atoms with E-state index in [0.717, 1.165) is 53.4 Å². The second kappa shape index (κ2) is 10.2. The lowest BCUT2D eigenvalue weighted by atomic mass is 9.96. The third kappa shape index (κ3) is 4.76. The van der Waals surface area contributed by atoms with Gasteiger partial charge in [0.1, 0.15) is 5.82 Å². The summed E-state index contributed by atoms with van der Waals surface area (Å²) in [6.45, 7) is 3.03. The van der Waals surface area contributed by atoms with Crippen molar-refractivity contribution in [2.75, 3.05) is 0 Å². The Morgan fingerprint density at radius 3 is 2.44 bits per heavy atom. The van der Waals surface area contributed by atoms with Crippen LogP contribution in [0.25, 0.3) is 22.5 Å². The van der Waals surface area contributed by atoms with Crippen LogP contribution in [0.1, 0.15) is 42.7 Å². The van der Waals surface area contributed by atoms with E-state index in [1.165, 1.54) is 5.56 Å². The number of H-pyrrole nitrogens is 1. The Morgan fingerprint density at radius 1 is 0.853 bits per heavy atom. The lowest BCUT2D eigenvalue weighted by Crippen LogP contribution is -2.08. The van der Waals surface area contributed by atoms with Crippen LogP contribution in [0, 0.1) is 0 Å². The van der Waals surface area contributed by atoms with E-state index in [1.807, 2.05) is 53.3 Å². The van der Waals surface area contributed by atoms with Gasteiger partial charge >= 0.3 is 0 Å². The fraction of sp³-hybridized carbons (Fsp3) is 0.231. The molecule has 0 spiro atoms. The molecule has 2 aromatic carbocycles. The summed E-state index contributed by atoms with van der Waals surface area (Å²) in [5.74, 6) is 2.32. The molecule has 0 fully saturated rings. The van der Waals surface area contributed by atoms with Crippen LogP contribution in [0.15, 0.2) is 72.9 Å². The van der Waals surface area contributed by atoms with Crippen LogP contribution >= 0.6 is 0 Å². The average Bonchev–Trinajstić information content (AvgIpc) is 3.54. The number of pyridine rings is 1. The average molecular weight is 451 g/mol. The van der Waals surface area contributed by atoms with Crippen molar-refractivity contribution in [1.29, 1.82) is 0 Å². The Balaban J connectivity index is 1.50. The summed E-state index contributed by atoms with van der Waals surface area (Å²) < 4.78 is 2.05. The quantitative estimate of drug-likeness (QED) is 0.355. The molecule has 3 aromatic heterocycles. The molecule has 8 heteroatoms. The minimum atomic E-state index is 0.557. The standard InChI is InChI=1S/C26H26N8/c1-2-3-16-34-25(28-24(31-34)17-19-10-5-4-6-11-19)18-23-21(14-9-15-27-23)20-12-7-8-13-22(20)26-29-32-33-30-26/h4-15H,2-3,16-18H2,1H3,(H,29,30,32,33). The number of nitrogens with zero attached hydrogens (tertiary/aromatic N) is 7. The van der Waals surface area contributed by atoms with E-state index >= 15 is 0 Å². The molecule has 0 aliphatic heterocycles. The van der Waals surface area contributed by atoms with Gasteiger partial charge in [0.2, 0.25) is 5.82 Å². The molecule has 0 radical (unpaired) electrons. The van der Waals surface area contributed by atoms with Crippen LogP contribution in [0.2, 0.25) is 0 Å². The maximum Gasteiger partial charge on any atom is 0.205 e. The summed E-state index contributed by atoms with van der Waals surface area (Å²) >= 11 is 0. The van der Waals surface area contributed by atoms with E-state index in [0.29, 0.717) is 18.7 Å². The Kier molecular flexibility index (Phi) is 6.47. The van der Waals surface area contributed by atoms with Crippen molar-refractivity contribution in [3.05, 3.63) is 95.8 Å². The highest BCUT2D eigenvalue weighted by Crippen LogP contribution is 2.32. The van der Waals surface area contributed by atoms with E-state index < -0.39 is 0 Å². The van der Waals surface area contributed by atoms with E-state index in [-0.39, 0.29) is 0 Å². The molecule has 170 valence electrons. The fourth-order valence-corrected chi connectivity index (χ4v) is 4.06. The van der Waals surface area contributed by atoms with Crippen LogP contribution in [0.5, 0.6) is 0 Å². The number of benzene rings is 2. The molecular weight excluding hydrogens is 424 g/mol. The second-order valence-electron chi connectivity index (χ2n) is 8.14. The van der Waals surface area contributed by atoms with Gasteiger partial charge in [0.25, 0.3) is 0 Å². The van der Waals surface area contributed by atoms with Crippen molar-refractivity contribution in [2.24, 2.45) is 0 Å². The number of rotatable bonds is 9. The molecule has 0 aliphatic rings. The highest BCUT2D eigenvalue weighted by atomic mass is 15.5. The monoisotopic (exact) mass is 450 g/mol. The topological polar surface area (TPSA) is 98.1 Å². The zero-order valence-corrected chi connectivity index (χ0v) is 19.1. The highest BCUT2D eigenvalue weighted by Gasteiger charge is 2.17. The molecule has 0 unspecified atom stereocenters. The molecule has 34 heavy (non-hydrogen) atoms. The second-order valence-corrected chi connectivity index (χ2v) is 8.14. The van der Waals surface area contributed by atoms with Crippen LogP contribution in [0.3, 0.4) is 0 Å². The normalized spacial score (nSPS) is 11.1. The summed E-state index contributed by atoms with van der Waals surface area (Å²) in [7, 11) is 0. The van der Waals surface area contributed by atoms with Crippen LogP contribution in [-0.4, -0.2) is 40.4 Å². The van der Waals surface area contributed by atoms with Crippen molar-refractivity contribution in [3.8, 4) is 22.5 Å². The van der Waals surface area contributed by atoms with Crippen LogP contribution in [-0.2, 0) is 19.4 Å². The van der Waals surface area contributed by atoms with E-state index in [9.17, 15) is 0 Å². The molecular formula is C26H26N8. The molecule has 0 saturated heterocycles. The lowest BCUT2D eigenvalue weighted by molar-refractivity contribution is 0.546. The van der Waals surface area contributed by atoms with Crippen molar-refractivity contribution in [1.82, 2.24) is 40.4 Å². The third-order valence-electron chi connectivity index (χ3n) is 5.74. The van der Waals surface area contributed by atoms with Gasteiger partial charge in [-0.05, 0) is 28.8 Å². The maximum atomic E-state index is 4.93. The van der Waals surface area contributed by atoms with E-state index in [4.69, 9.17) is 15.1 Å². The van der Waals surface area contributed by atoms with Gasteiger partial charge in [-0.2, -0.15) is 10.3 Å². The number of hydrogen-bond acceptors (Lipinski definition) is 6. The molecule has 0 aliphatic carbocycles. The van der Waals surface area contributed by atoms with Gasteiger partial charge in [-0.3, -0.25) is 4.98 Å². The van der Waals surface area contributed by atoms with Gasteiger partial charge in [-0.15, -0.1) is 10.2 Å². The van der Waals surface area contributed by atoms with Crippen molar-refractivity contribution in [2.45, 2.75) is 39.2 Å². The summed E-state index contributed by atoms with van der Waals surface area (Å²) in [5, 5.41) is 19.5. The van der Waals surface area contributed by atoms with Crippen LogP contribution in [0.4, 0.5) is 0 Å². The Bertz CT molecular complexity index is 1340. The summed E-state index contributed by atoms with van der Waals surface area (Å²) in [6, 6.07) is 22.4. The number of aryl methyl sites for hydroxylation is 1. The minimum Gasteiger partial charge on any atom is -0.260 e. The maximum absolute atomic E-state index is 4.93. The smallest absolute Gasteiger partial charge is 0.205 e. The number of aromatic nitrogens is 8. The third-order valence-corrected chi connectivity index (χ3v) is 5.74. The molecule has 0 amide bonds. The van der Waals surface area contributed by atoms with Crippen molar-refractivity contribution >= 4 is 0 Å². The Hall–Kier alpha value is -4.20. The number of nitrogens with one attached hydrogen (secondary N) is 1. The first-order chi connectivity index (χ1) is 16.8. The van der Waals surface area contributed by atoms with Gasteiger partial charge in [0, 0.05) is 30.3 Å². The predicted octanol–water partition coefficient (Wildman–Crippen LogP) is 4.50. The molecule has 5 aromatic rings. The van der Waals surface area contributed by atoms with Crippen molar-refractivity contribution in [3.63, 3.8) is 0 Å². The molecule has 3 heterocycles. The number of aromatic amines is 1. The lowest BCUT2D eigenvalue weighted by Gasteiger charge is -2.12. The molecule has 1 N–H and O–H groups in total. The predicted molar refractivity (Wildman–Crippen MR) is 130 cm³/mol. The van der Waals surface area contributed by atoms with Crippen molar-refractivity contribution < 1.29 is 0 Å². The zero-order chi connectivity index (χ0) is 23.2. The summed E-state index contributed by atoms with van der Waals surface area (Å²) in [5.41, 5.74) is 5.08.